The van der Waals surface area contributed by atoms with Gasteiger partial charge in [0.15, 0.2) is 0 Å². The first kappa shape index (κ1) is 13.1. The minimum Gasteiger partial charge on any atom is -0.491 e. The summed E-state index contributed by atoms with van der Waals surface area (Å²) in [7, 11) is 0. The highest BCUT2D eigenvalue weighted by molar-refractivity contribution is 5.27. The minimum atomic E-state index is -0.714. The Morgan fingerprint density at radius 1 is 1.53 bits per heavy atom. The van der Waals surface area contributed by atoms with Crippen LogP contribution >= 0.6 is 0 Å². The molecule has 0 fully saturated rings. The topological polar surface area (TPSA) is 84.0 Å². The van der Waals surface area contributed by atoms with Gasteiger partial charge in [-0.05, 0) is 24.6 Å². The number of benzene rings is 1. The summed E-state index contributed by atoms with van der Waals surface area (Å²) in [6.45, 7) is 2.37. The highest BCUT2D eigenvalue weighted by Crippen LogP contribution is 2.12. The zero-order chi connectivity index (χ0) is 13.7. The van der Waals surface area contributed by atoms with Crippen molar-refractivity contribution in [3.05, 3.63) is 42.0 Å². The Labute approximate surface area is 110 Å². The molecular weight excluding hydrogens is 244 g/mol. The van der Waals surface area contributed by atoms with Gasteiger partial charge >= 0.3 is 0 Å². The van der Waals surface area contributed by atoms with Gasteiger partial charge in [0.25, 0.3) is 5.82 Å². The third-order valence-electron chi connectivity index (χ3n) is 2.47. The molecule has 0 saturated carbocycles. The molecule has 1 aromatic heterocycles. The second kappa shape index (κ2) is 5.98. The van der Waals surface area contributed by atoms with Crippen molar-refractivity contribution in [2.75, 3.05) is 6.61 Å². The molecule has 1 heterocycles. The van der Waals surface area contributed by atoms with E-state index in [1.807, 2.05) is 37.3 Å². The monoisotopic (exact) mass is 258 g/mol. The van der Waals surface area contributed by atoms with Crippen molar-refractivity contribution in [3.8, 4) is 11.8 Å². The van der Waals surface area contributed by atoms with Crippen molar-refractivity contribution in [2.24, 2.45) is 0 Å². The van der Waals surface area contributed by atoms with Crippen molar-refractivity contribution >= 4 is 0 Å². The maximum atomic E-state index is 9.82. The van der Waals surface area contributed by atoms with Gasteiger partial charge in [-0.1, -0.05) is 12.1 Å². The molecule has 0 aliphatic carbocycles. The lowest BCUT2D eigenvalue weighted by Gasteiger charge is -2.12. The number of nitriles is 1. The Kier molecular flexibility index (Phi) is 4.11. The van der Waals surface area contributed by atoms with Crippen LogP contribution in [0.25, 0.3) is 0 Å². The molecule has 98 valence electrons. The number of aromatic nitrogens is 3. The predicted molar refractivity (Wildman–Crippen MR) is 67.4 cm³/mol. The fourth-order valence-electron chi connectivity index (χ4n) is 1.60. The van der Waals surface area contributed by atoms with E-state index in [2.05, 4.69) is 10.1 Å². The Balaban J connectivity index is 1.84. The van der Waals surface area contributed by atoms with E-state index in [9.17, 15) is 5.11 Å². The molecule has 0 radical (unpaired) electrons. The number of hydrogen-bond acceptors (Lipinski definition) is 5. The molecule has 0 spiro atoms. The summed E-state index contributed by atoms with van der Waals surface area (Å²) < 4.78 is 6.90. The molecule has 6 heteroatoms. The summed E-state index contributed by atoms with van der Waals surface area (Å²) in [5, 5.41) is 22.3. The molecule has 0 aliphatic heterocycles. The fourth-order valence-corrected chi connectivity index (χ4v) is 1.60. The van der Waals surface area contributed by atoms with E-state index in [1.165, 1.54) is 11.0 Å². The lowest BCUT2D eigenvalue weighted by atomic mass is 10.2. The van der Waals surface area contributed by atoms with Crippen LogP contribution in [0.2, 0.25) is 0 Å². The maximum Gasteiger partial charge on any atom is 0.252 e. The van der Waals surface area contributed by atoms with Gasteiger partial charge in [0.2, 0.25) is 0 Å². The first-order valence-electron chi connectivity index (χ1n) is 5.84. The van der Waals surface area contributed by atoms with Gasteiger partial charge in [-0.25, -0.2) is 9.67 Å². The van der Waals surface area contributed by atoms with Crippen LogP contribution in [0.4, 0.5) is 0 Å². The van der Waals surface area contributed by atoms with Crippen LogP contribution in [-0.4, -0.2) is 32.6 Å². The van der Waals surface area contributed by atoms with Crippen LogP contribution in [0.3, 0.4) is 0 Å². The van der Waals surface area contributed by atoms with Crippen LogP contribution in [-0.2, 0) is 6.54 Å². The molecule has 1 N–H and O–H groups in total. The quantitative estimate of drug-likeness (QED) is 0.861. The number of aliphatic hydroxyl groups is 1. The predicted octanol–water partition coefficient (Wildman–Crippen LogP) is 0.898. The van der Waals surface area contributed by atoms with Crippen LogP contribution in [0.1, 0.15) is 11.4 Å². The second-order valence-corrected chi connectivity index (χ2v) is 4.18. The third-order valence-corrected chi connectivity index (χ3v) is 2.47. The zero-order valence-corrected chi connectivity index (χ0v) is 10.5. The second-order valence-electron chi connectivity index (χ2n) is 4.18. The van der Waals surface area contributed by atoms with Crippen LogP contribution < -0.4 is 4.74 Å². The summed E-state index contributed by atoms with van der Waals surface area (Å²) >= 11 is 0. The molecule has 1 atom stereocenters. The minimum absolute atomic E-state index is 0.0896. The van der Waals surface area contributed by atoms with Gasteiger partial charge in [-0.3, -0.25) is 0 Å². The number of ether oxygens (including phenoxy) is 1. The summed E-state index contributed by atoms with van der Waals surface area (Å²) in [5.41, 5.74) is 1.10. The molecule has 1 unspecified atom stereocenters. The summed E-state index contributed by atoms with van der Waals surface area (Å²) in [5.74, 6) is 0.808. The van der Waals surface area contributed by atoms with E-state index in [0.717, 1.165) is 11.3 Å². The molecule has 19 heavy (non-hydrogen) atoms. The van der Waals surface area contributed by atoms with Crippen LogP contribution in [0.15, 0.2) is 30.6 Å². The number of aliphatic hydroxyl groups excluding tert-OH is 1. The highest BCUT2D eigenvalue weighted by Gasteiger charge is 2.08. The molecule has 2 aromatic rings. The standard InChI is InChI=1S/C13H14N4O2/c1-10-3-2-4-12(5-10)19-8-11(18)7-17-9-15-13(6-14)16-17/h2-5,9,11,18H,7-8H2,1H3. The van der Waals surface area contributed by atoms with Crippen LogP contribution in [0, 0.1) is 18.3 Å². The smallest absolute Gasteiger partial charge is 0.252 e. The molecule has 6 nitrogen and oxygen atoms in total. The lowest BCUT2D eigenvalue weighted by Crippen LogP contribution is -2.24. The number of rotatable bonds is 5. The highest BCUT2D eigenvalue weighted by atomic mass is 16.5. The van der Waals surface area contributed by atoms with E-state index in [0.29, 0.717) is 0 Å². The van der Waals surface area contributed by atoms with Gasteiger partial charge < -0.3 is 9.84 Å². The van der Waals surface area contributed by atoms with Crippen molar-refractivity contribution in [3.63, 3.8) is 0 Å². The van der Waals surface area contributed by atoms with E-state index < -0.39 is 6.10 Å². The van der Waals surface area contributed by atoms with Gasteiger partial charge in [0.1, 0.15) is 30.9 Å². The molecule has 0 bridgehead atoms. The summed E-state index contributed by atoms with van der Waals surface area (Å²) in [6, 6.07) is 9.43. The van der Waals surface area contributed by atoms with Gasteiger partial charge in [0, 0.05) is 0 Å². The number of hydrogen-bond donors (Lipinski definition) is 1. The molecule has 0 amide bonds. The lowest BCUT2D eigenvalue weighted by molar-refractivity contribution is 0.0892. The Morgan fingerprint density at radius 2 is 2.37 bits per heavy atom. The van der Waals surface area contributed by atoms with Gasteiger partial charge in [-0.15, -0.1) is 5.10 Å². The molecule has 2 rings (SSSR count). The van der Waals surface area contributed by atoms with E-state index in [1.54, 1.807) is 0 Å². The zero-order valence-electron chi connectivity index (χ0n) is 10.5. The summed E-state index contributed by atoms with van der Waals surface area (Å²) in [6.07, 6.45) is 0.697. The van der Waals surface area contributed by atoms with E-state index >= 15 is 0 Å². The first-order valence-corrected chi connectivity index (χ1v) is 5.84. The van der Waals surface area contributed by atoms with Crippen LogP contribution in [0.5, 0.6) is 5.75 Å². The summed E-state index contributed by atoms with van der Waals surface area (Å²) in [4.78, 5) is 3.76. The number of aryl methyl sites for hydroxylation is 1. The van der Waals surface area contributed by atoms with Crippen molar-refractivity contribution < 1.29 is 9.84 Å². The molecule has 0 saturated heterocycles. The van der Waals surface area contributed by atoms with Crippen molar-refractivity contribution in [1.82, 2.24) is 14.8 Å². The number of nitrogens with zero attached hydrogens (tertiary/aromatic N) is 4. The Bertz CT molecular complexity index is 588. The van der Waals surface area contributed by atoms with E-state index in [-0.39, 0.29) is 19.0 Å². The average Bonchev–Trinajstić information content (AvgIpc) is 2.84. The van der Waals surface area contributed by atoms with E-state index in [4.69, 9.17) is 10.00 Å². The largest absolute Gasteiger partial charge is 0.491 e. The van der Waals surface area contributed by atoms with Crippen molar-refractivity contribution in [1.29, 1.82) is 5.26 Å². The molecule has 0 aliphatic rings. The normalized spacial score (nSPS) is 11.8. The Morgan fingerprint density at radius 3 is 3.05 bits per heavy atom. The maximum absolute atomic E-state index is 9.82. The van der Waals surface area contributed by atoms with Gasteiger partial charge in [0.05, 0.1) is 6.54 Å². The molecule has 1 aromatic carbocycles. The molecular formula is C13H14N4O2. The third kappa shape index (κ3) is 3.79. The average molecular weight is 258 g/mol. The Hall–Kier alpha value is -2.39. The fraction of sp³-hybridized carbons (Fsp3) is 0.308. The SMILES string of the molecule is Cc1cccc(OCC(O)Cn2cnc(C#N)n2)c1. The van der Waals surface area contributed by atoms with Crippen molar-refractivity contribution in [2.45, 2.75) is 19.6 Å². The first-order chi connectivity index (χ1) is 9.17. The van der Waals surface area contributed by atoms with Gasteiger partial charge in [-0.2, -0.15) is 5.26 Å².